The van der Waals surface area contributed by atoms with Crippen molar-refractivity contribution in [3.63, 3.8) is 0 Å². The number of aryl methyl sites for hydroxylation is 1. The Hall–Kier alpha value is -4.35. The predicted molar refractivity (Wildman–Crippen MR) is 146 cm³/mol. The van der Waals surface area contributed by atoms with Gasteiger partial charge in [0.2, 0.25) is 0 Å². The van der Waals surface area contributed by atoms with Gasteiger partial charge in [0.15, 0.2) is 11.5 Å². The van der Waals surface area contributed by atoms with Crippen molar-refractivity contribution < 1.29 is 14.3 Å². The molecule has 0 unspecified atom stereocenters. The van der Waals surface area contributed by atoms with E-state index in [1.54, 1.807) is 41.3 Å². The molecule has 4 aromatic carbocycles. The average Bonchev–Trinajstić information content (AvgIpc) is 2.92. The van der Waals surface area contributed by atoms with Crippen LogP contribution in [0.1, 0.15) is 32.6 Å². The van der Waals surface area contributed by atoms with Crippen LogP contribution in [-0.2, 0) is 17.9 Å². The monoisotopic (exact) mass is 508 g/mol. The number of hydrogen-bond acceptors (Lipinski definition) is 3. The number of hydrogen-bond donors (Lipinski definition) is 1. The van der Waals surface area contributed by atoms with E-state index in [0.717, 1.165) is 22.4 Å². The highest BCUT2D eigenvalue weighted by atomic mass is 35.5. The van der Waals surface area contributed by atoms with Gasteiger partial charge in [-0.2, -0.15) is 0 Å². The Morgan fingerprint density at radius 1 is 0.919 bits per heavy atom. The molecule has 0 aliphatic carbocycles. The predicted octanol–water partition coefficient (Wildman–Crippen LogP) is 6.55. The van der Waals surface area contributed by atoms with Gasteiger partial charge in [0.25, 0.3) is 11.8 Å². The van der Waals surface area contributed by atoms with Gasteiger partial charge in [-0.05, 0) is 60.0 Å². The quantitative estimate of drug-likeness (QED) is 0.301. The van der Waals surface area contributed by atoms with Crippen LogP contribution in [0.3, 0.4) is 0 Å². The van der Waals surface area contributed by atoms with Gasteiger partial charge in [-0.3, -0.25) is 14.5 Å². The smallest absolute Gasteiger partial charge is 0.294 e. The summed E-state index contributed by atoms with van der Waals surface area (Å²) in [6, 6.07) is 30.1. The van der Waals surface area contributed by atoms with Gasteiger partial charge in [0, 0.05) is 17.1 Å². The van der Waals surface area contributed by atoms with Crippen molar-refractivity contribution in [2.75, 3.05) is 4.90 Å². The number of halogens is 1. The summed E-state index contributed by atoms with van der Waals surface area (Å²) >= 11 is 6.17. The minimum atomic E-state index is -0.221. The summed E-state index contributed by atoms with van der Waals surface area (Å²) in [5, 5.41) is 3.49. The van der Waals surface area contributed by atoms with Crippen LogP contribution in [0.2, 0.25) is 5.02 Å². The lowest BCUT2D eigenvalue weighted by molar-refractivity contribution is -0.117. The molecule has 0 fully saturated rings. The maximum Gasteiger partial charge on any atom is 0.294 e. The minimum Gasteiger partial charge on any atom is -0.449 e. The highest BCUT2D eigenvalue weighted by molar-refractivity contribution is 6.31. The summed E-state index contributed by atoms with van der Waals surface area (Å²) in [7, 11) is 0. The Morgan fingerprint density at radius 2 is 1.62 bits per heavy atom. The summed E-state index contributed by atoms with van der Waals surface area (Å²) in [4.78, 5) is 27.8. The summed E-state index contributed by atoms with van der Waals surface area (Å²) in [5.74, 6) is 0.418. The number of amides is 2. The molecule has 184 valence electrons. The van der Waals surface area contributed by atoms with Crippen molar-refractivity contribution in [2.45, 2.75) is 20.0 Å². The molecule has 37 heavy (non-hydrogen) atoms. The second kappa shape index (κ2) is 10.7. The van der Waals surface area contributed by atoms with Crippen LogP contribution < -0.4 is 15.0 Å². The minimum absolute atomic E-state index is 0.206. The zero-order valence-corrected chi connectivity index (χ0v) is 21.0. The fraction of sp³-hybridized carbons (Fsp3) is 0.0968. The van der Waals surface area contributed by atoms with E-state index in [4.69, 9.17) is 16.3 Å². The van der Waals surface area contributed by atoms with Crippen LogP contribution in [0.5, 0.6) is 5.75 Å². The Morgan fingerprint density at radius 3 is 2.38 bits per heavy atom. The third-order valence-electron chi connectivity index (χ3n) is 6.16. The van der Waals surface area contributed by atoms with Gasteiger partial charge in [-0.25, -0.2) is 0 Å². The molecule has 0 saturated heterocycles. The number of para-hydroxylation sites is 2. The molecule has 1 aliphatic rings. The lowest BCUT2D eigenvalue weighted by Gasteiger charge is -2.30. The number of rotatable bonds is 6. The maximum atomic E-state index is 13.4. The normalized spacial score (nSPS) is 13.7. The largest absolute Gasteiger partial charge is 0.449 e. The van der Waals surface area contributed by atoms with Crippen molar-refractivity contribution in [2.24, 2.45) is 0 Å². The van der Waals surface area contributed by atoms with Crippen molar-refractivity contribution in [3.8, 4) is 5.75 Å². The number of carbonyl (C=O) groups excluding carboxylic acids is 2. The highest BCUT2D eigenvalue weighted by Gasteiger charge is 2.30. The number of anilines is 1. The van der Waals surface area contributed by atoms with Crippen LogP contribution in [-0.4, -0.2) is 11.8 Å². The lowest BCUT2D eigenvalue weighted by atomic mass is 10.1. The molecular weight excluding hydrogens is 484 g/mol. The highest BCUT2D eigenvalue weighted by Crippen LogP contribution is 2.36. The van der Waals surface area contributed by atoms with Gasteiger partial charge in [0.1, 0.15) is 0 Å². The van der Waals surface area contributed by atoms with Crippen LogP contribution in [0.25, 0.3) is 6.08 Å². The molecule has 1 heterocycles. The number of benzene rings is 4. The van der Waals surface area contributed by atoms with Gasteiger partial charge >= 0.3 is 0 Å². The molecule has 0 spiro atoms. The second-order valence-corrected chi connectivity index (χ2v) is 9.26. The molecule has 5 nitrogen and oxygen atoms in total. The second-order valence-electron chi connectivity index (χ2n) is 8.85. The number of ether oxygens (including phenoxy) is 1. The third kappa shape index (κ3) is 5.57. The Kier molecular flexibility index (Phi) is 7.06. The summed E-state index contributed by atoms with van der Waals surface area (Å²) in [6.07, 6.45) is 1.70. The maximum absolute atomic E-state index is 13.4. The van der Waals surface area contributed by atoms with Crippen molar-refractivity contribution in [3.05, 3.63) is 136 Å². The van der Waals surface area contributed by atoms with E-state index in [2.05, 4.69) is 5.32 Å². The molecule has 0 saturated carbocycles. The standard InChI is InChI=1S/C31H25ClN2O3/c1-21-10-12-23(13-11-21)20-34-27-8-4-5-9-28(27)37-29(31(34)36)18-22-14-16-24(17-15-22)30(35)33-19-25-6-2-3-7-26(25)32/h2-18H,19-20H2,1H3,(H,33,35). The molecule has 6 heteroatoms. The lowest BCUT2D eigenvalue weighted by Crippen LogP contribution is -2.36. The molecule has 0 atom stereocenters. The first-order chi connectivity index (χ1) is 18.0. The van der Waals surface area contributed by atoms with Crippen molar-refractivity contribution in [1.82, 2.24) is 5.32 Å². The Balaban J connectivity index is 1.33. The molecular formula is C31H25ClN2O3. The zero-order chi connectivity index (χ0) is 25.8. The number of carbonyl (C=O) groups is 2. The van der Waals surface area contributed by atoms with E-state index in [1.807, 2.05) is 73.7 Å². The van der Waals surface area contributed by atoms with Gasteiger partial charge in [-0.15, -0.1) is 0 Å². The average molecular weight is 509 g/mol. The molecule has 0 aromatic heterocycles. The fourth-order valence-corrected chi connectivity index (χ4v) is 4.30. The number of nitrogens with zero attached hydrogens (tertiary/aromatic N) is 1. The topological polar surface area (TPSA) is 58.6 Å². The van der Waals surface area contributed by atoms with Crippen molar-refractivity contribution in [1.29, 1.82) is 0 Å². The molecule has 2 amide bonds. The first kappa shape index (κ1) is 24.3. The third-order valence-corrected chi connectivity index (χ3v) is 6.53. The Bertz CT molecular complexity index is 1480. The van der Waals surface area contributed by atoms with E-state index in [1.165, 1.54) is 5.56 Å². The van der Waals surface area contributed by atoms with E-state index in [9.17, 15) is 9.59 Å². The van der Waals surface area contributed by atoms with Crippen molar-refractivity contribution >= 4 is 35.2 Å². The number of nitrogens with one attached hydrogen (secondary N) is 1. The first-order valence-electron chi connectivity index (χ1n) is 12.0. The summed E-state index contributed by atoms with van der Waals surface area (Å²) in [6.45, 7) is 2.80. The molecule has 0 radical (unpaired) electrons. The number of fused-ring (bicyclic) bond motifs is 1. The zero-order valence-electron chi connectivity index (χ0n) is 20.3. The summed E-state index contributed by atoms with van der Waals surface area (Å²) < 4.78 is 5.99. The van der Waals surface area contributed by atoms with Crippen LogP contribution in [0, 0.1) is 6.92 Å². The van der Waals surface area contributed by atoms with E-state index >= 15 is 0 Å². The SMILES string of the molecule is Cc1ccc(CN2C(=O)C(=Cc3ccc(C(=O)NCc4ccccc4Cl)cc3)Oc3ccccc32)cc1. The fourth-order valence-electron chi connectivity index (χ4n) is 4.10. The van der Waals surface area contributed by atoms with Crippen LogP contribution in [0.4, 0.5) is 5.69 Å². The van der Waals surface area contributed by atoms with Crippen LogP contribution in [0.15, 0.2) is 103 Å². The van der Waals surface area contributed by atoms with E-state index < -0.39 is 0 Å². The van der Waals surface area contributed by atoms with Crippen LogP contribution >= 0.6 is 11.6 Å². The first-order valence-corrected chi connectivity index (χ1v) is 12.3. The molecule has 1 N–H and O–H groups in total. The Labute approximate surface area is 221 Å². The van der Waals surface area contributed by atoms with E-state index in [-0.39, 0.29) is 17.6 Å². The van der Waals surface area contributed by atoms with Gasteiger partial charge in [-0.1, -0.05) is 83.9 Å². The molecule has 1 aliphatic heterocycles. The van der Waals surface area contributed by atoms with Gasteiger partial charge < -0.3 is 10.1 Å². The molecule has 4 aromatic rings. The summed E-state index contributed by atoms with van der Waals surface area (Å²) in [5.41, 5.74) is 5.04. The van der Waals surface area contributed by atoms with Gasteiger partial charge in [0.05, 0.1) is 12.2 Å². The molecule has 5 rings (SSSR count). The molecule has 0 bridgehead atoms. The van der Waals surface area contributed by atoms with E-state index in [0.29, 0.717) is 29.4 Å².